The SMILES string of the molecule is COc1cccc([C@@H](C)NC(C)C2CC3C=CC2C3)c1. The number of hydrogen-bond acceptors (Lipinski definition) is 2. The summed E-state index contributed by atoms with van der Waals surface area (Å²) in [4.78, 5) is 0. The maximum atomic E-state index is 5.31. The van der Waals surface area contributed by atoms with E-state index < -0.39 is 0 Å². The molecule has 3 rings (SSSR count). The van der Waals surface area contributed by atoms with Gasteiger partial charge in [-0.2, -0.15) is 0 Å². The third-order valence-electron chi connectivity index (χ3n) is 5.08. The van der Waals surface area contributed by atoms with Crippen molar-refractivity contribution in [3.8, 4) is 5.75 Å². The van der Waals surface area contributed by atoms with Crippen LogP contribution in [-0.2, 0) is 0 Å². The molecule has 0 heterocycles. The Balaban J connectivity index is 1.63. The first-order valence-corrected chi connectivity index (χ1v) is 7.75. The van der Waals surface area contributed by atoms with E-state index in [2.05, 4.69) is 49.5 Å². The Bertz CT molecular complexity index is 496. The van der Waals surface area contributed by atoms with Gasteiger partial charge in [-0.25, -0.2) is 0 Å². The number of hydrogen-bond donors (Lipinski definition) is 1. The number of allylic oxidation sites excluding steroid dienone is 2. The highest BCUT2D eigenvalue weighted by Crippen LogP contribution is 2.45. The Morgan fingerprint density at radius 1 is 1.20 bits per heavy atom. The third-order valence-corrected chi connectivity index (χ3v) is 5.08. The first-order chi connectivity index (χ1) is 9.67. The summed E-state index contributed by atoms with van der Waals surface area (Å²) in [6, 6.07) is 9.30. The van der Waals surface area contributed by atoms with E-state index in [1.54, 1.807) is 7.11 Å². The summed E-state index contributed by atoms with van der Waals surface area (Å²) in [7, 11) is 1.72. The Kier molecular flexibility index (Phi) is 3.84. The molecule has 0 spiro atoms. The van der Waals surface area contributed by atoms with Crippen LogP contribution in [0.5, 0.6) is 5.75 Å². The van der Waals surface area contributed by atoms with Gasteiger partial charge >= 0.3 is 0 Å². The van der Waals surface area contributed by atoms with Gasteiger partial charge in [0, 0.05) is 12.1 Å². The van der Waals surface area contributed by atoms with E-state index in [-0.39, 0.29) is 0 Å². The zero-order valence-corrected chi connectivity index (χ0v) is 12.7. The fourth-order valence-electron chi connectivity index (χ4n) is 3.92. The van der Waals surface area contributed by atoms with Crippen LogP contribution in [0.1, 0.15) is 38.3 Å². The lowest BCUT2D eigenvalue weighted by molar-refractivity contribution is 0.307. The number of rotatable bonds is 5. The maximum Gasteiger partial charge on any atom is 0.119 e. The van der Waals surface area contributed by atoms with Gasteiger partial charge in [0.15, 0.2) is 0 Å². The molecule has 2 aliphatic carbocycles. The van der Waals surface area contributed by atoms with Crippen molar-refractivity contribution in [1.29, 1.82) is 0 Å². The van der Waals surface area contributed by atoms with Crippen LogP contribution in [-0.4, -0.2) is 13.2 Å². The van der Waals surface area contributed by atoms with Crippen molar-refractivity contribution in [3.63, 3.8) is 0 Å². The van der Waals surface area contributed by atoms with E-state index in [1.807, 2.05) is 6.07 Å². The van der Waals surface area contributed by atoms with Crippen LogP contribution in [0.2, 0.25) is 0 Å². The van der Waals surface area contributed by atoms with Gasteiger partial charge in [-0.15, -0.1) is 0 Å². The largest absolute Gasteiger partial charge is 0.497 e. The molecular weight excluding hydrogens is 246 g/mol. The van der Waals surface area contributed by atoms with Crippen molar-refractivity contribution in [3.05, 3.63) is 42.0 Å². The highest BCUT2D eigenvalue weighted by molar-refractivity contribution is 5.30. The van der Waals surface area contributed by atoms with Crippen molar-refractivity contribution < 1.29 is 4.74 Å². The summed E-state index contributed by atoms with van der Waals surface area (Å²) >= 11 is 0. The van der Waals surface area contributed by atoms with E-state index in [1.165, 1.54) is 18.4 Å². The fraction of sp³-hybridized carbons (Fsp3) is 0.556. The van der Waals surface area contributed by atoms with Crippen LogP contribution in [0.4, 0.5) is 0 Å². The quantitative estimate of drug-likeness (QED) is 0.819. The van der Waals surface area contributed by atoms with Crippen LogP contribution >= 0.6 is 0 Å². The van der Waals surface area contributed by atoms with Gasteiger partial charge in [-0.3, -0.25) is 0 Å². The van der Waals surface area contributed by atoms with Crippen LogP contribution in [0.25, 0.3) is 0 Å². The molecule has 0 saturated heterocycles. The van der Waals surface area contributed by atoms with Gasteiger partial charge in [-0.1, -0.05) is 24.3 Å². The second-order valence-corrected chi connectivity index (χ2v) is 6.40. The molecule has 0 radical (unpaired) electrons. The van der Waals surface area contributed by atoms with Crippen molar-refractivity contribution in [2.45, 2.75) is 38.8 Å². The predicted molar refractivity (Wildman–Crippen MR) is 82.9 cm³/mol. The van der Waals surface area contributed by atoms with Crippen molar-refractivity contribution >= 4 is 0 Å². The highest BCUT2D eigenvalue weighted by atomic mass is 16.5. The number of nitrogens with one attached hydrogen (secondary N) is 1. The molecule has 1 aromatic carbocycles. The Morgan fingerprint density at radius 3 is 2.70 bits per heavy atom. The van der Waals surface area contributed by atoms with E-state index in [9.17, 15) is 0 Å². The smallest absolute Gasteiger partial charge is 0.119 e. The molecule has 2 aliphatic rings. The van der Waals surface area contributed by atoms with Gasteiger partial charge in [0.2, 0.25) is 0 Å². The van der Waals surface area contributed by atoms with Gasteiger partial charge in [-0.05, 0) is 62.1 Å². The molecule has 5 atom stereocenters. The zero-order chi connectivity index (χ0) is 14.1. The molecule has 1 N–H and O–H groups in total. The Hall–Kier alpha value is -1.28. The van der Waals surface area contributed by atoms with Crippen molar-refractivity contribution in [2.24, 2.45) is 17.8 Å². The molecule has 1 saturated carbocycles. The van der Waals surface area contributed by atoms with Gasteiger partial charge in [0.05, 0.1) is 7.11 Å². The molecule has 0 amide bonds. The zero-order valence-electron chi connectivity index (χ0n) is 12.7. The van der Waals surface area contributed by atoms with Crippen LogP contribution in [0, 0.1) is 17.8 Å². The average molecular weight is 271 g/mol. The van der Waals surface area contributed by atoms with Gasteiger partial charge in [0.25, 0.3) is 0 Å². The van der Waals surface area contributed by atoms with E-state index >= 15 is 0 Å². The minimum Gasteiger partial charge on any atom is -0.497 e. The van der Waals surface area contributed by atoms with Crippen LogP contribution in [0.3, 0.4) is 0 Å². The number of fused-ring (bicyclic) bond motifs is 2. The third kappa shape index (κ3) is 2.62. The minimum atomic E-state index is 0.364. The van der Waals surface area contributed by atoms with Crippen molar-refractivity contribution in [2.75, 3.05) is 7.11 Å². The number of benzene rings is 1. The summed E-state index contributed by atoms with van der Waals surface area (Å²) < 4.78 is 5.31. The van der Waals surface area contributed by atoms with Crippen LogP contribution < -0.4 is 10.1 Å². The highest BCUT2D eigenvalue weighted by Gasteiger charge is 2.38. The number of ether oxygens (including phenoxy) is 1. The molecule has 2 heteroatoms. The van der Waals surface area contributed by atoms with E-state index in [0.717, 1.165) is 23.5 Å². The average Bonchev–Trinajstić information content (AvgIpc) is 3.10. The predicted octanol–water partition coefficient (Wildman–Crippen LogP) is 3.95. The summed E-state index contributed by atoms with van der Waals surface area (Å²) in [5.74, 6) is 3.39. The minimum absolute atomic E-state index is 0.364. The molecule has 108 valence electrons. The molecular formula is C18H25NO. The van der Waals surface area contributed by atoms with Crippen LogP contribution in [0.15, 0.2) is 36.4 Å². The summed E-state index contributed by atoms with van der Waals surface area (Å²) in [5, 5.41) is 3.78. The first kappa shape index (κ1) is 13.7. The summed E-state index contributed by atoms with van der Waals surface area (Å²) in [6.45, 7) is 4.59. The molecule has 1 fully saturated rings. The van der Waals surface area contributed by atoms with Gasteiger partial charge in [0.1, 0.15) is 5.75 Å². The molecule has 0 aliphatic heterocycles. The standard InChI is InChI=1S/C18H25NO/c1-12(15-5-4-6-17(11-15)20-3)19-13(2)18-10-14-7-8-16(18)9-14/h4-8,11-14,16,18-19H,9-10H2,1-3H3/t12-,13?,14?,16?,18?/m1/s1. The topological polar surface area (TPSA) is 21.3 Å². The Morgan fingerprint density at radius 2 is 2.05 bits per heavy atom. The molecule has 4 unspecified atom stereocenters. The van der Waals surface area contributed by atoms with Gasteiger partial charge < -0.3 is 10.1 Å². The maximum absolute atomic E-state index is 5.31. The molecule has 1 aromatic rings. The lowest BCUT2D eigenvalue weighted by atomic mass is 9.87. The normalized spacial score (nSPS) is 30.4. The van der Waals surface area contributed by atoms with Crippen molar-refractivity contribution in [1.82, 2.24) is 5.32 Å². The monoisotopic (exact) mass is 271 g/mol. The molecule has 2 bridgehead atoms. The second-order valence-electron chi connectivity index (χ2n) is 6.40. The van der Waals surface area contributed by atoms with E-state index in [0.29, 0.717) is 12.1 Å². The second kappa shape index (κ2) is 5.61. The fourth-order valence-corrected chi connectivity index (χ4v) is 3.92. The first-order valence-electron chi connectivity index (χ1n) is 7.75. The van der Waals surface area contributed by atoms with E-state index in [4.69, 9.17) is 4.74 Å². The molecule has 20 heavy (non-hydrogen) atoms. The Labute approximate surface area is 122 Å². The summed E-state index contributed by atoms with van der Waals surface area (Å²) in [5.41, 5.74) is 1.30. The number of methoxy groups -OCH3 is 1. The lowest BCUT2D eigenvalue weighted by Gasteiger charge is -2.29. The lowest BCUT2D eigenvalue weighted by Crippen LogP contribution is -2.37. The molecule has 2 nitrogen and oxygen atoms in total. The summed E-state index contributed by atoms with van der Waals surface area (Å²) in [6.07, 6.45) is 7.59. The molecule has 0 aromatic heterocycles.